The summed E-state index contributed by atoms with van der Waals surface area (Å²) in [5.41, 5.74) is 8.13. The van der Waals surface area contributed by atoms with E-state index in [9.17, 15) is 4.79 Å². The molecular formula is C12H16N2OS. The molecule has 0 aliphatic carbocycles. The minimum Gasteiger partial charge on any atom is -0.397 e. The molecule has 1 aromatic heterocycles. The maximum Gasteiger partial charge on any atom is 0.185 e. The molecule has 0 saturated carbocycles. The average Bonchev–Trinajstić information content (AvgIpc) is 2.22. The Balaban J connectivity index is 2.44. The van der Waals surface area contributed by atoms with Crippen LogP contribution >= 0.6 is 11.8 Å². The molecule has 0 amide bonds. The Morgan fingerprint density at radius 1 is 1.56 bits per heavy atom. The number of aryl methyl sites for hydroxylation is 1. The molecule has 0 bridgehead atoms. The lowest BCUT2D eigenvalue weighted by atomic mass is 10.2. The summed E-state index contributed by atoms with van der Waals surface area (Å²) < 4.78 is 0. The summed E-state index contributed by atoms with van der Waals surface area (Å²) in [6.07, 6.45) is 4.84. The highest BCUT2D eigenvalue weighted by atomic mass is 32.2. The molecule has 16 heavy (non-hydrogen) atoms. The summed E-state index contributed by atoms with van der Waals surface area (Å²) in [4.78, 5) is 15.0. The molecule has 2 N–H and O–H groups in total. The topological polar surface area (TPSA) is 56.0 Å². The normalized spacial score (nSPS) is 10.9. The number of carbonyl (C=O) groups excluding carboxylic acids is 1. The van der Waals surface area contributed by atoms with Crippen LogP contribution in [0.3, 0.4) is 0 Å². The van der Waals surface area contributed by atoms with Crippen LogP contribution < -0.4 is 5.73 Å². The molecule has 3 nitrogen and oxygen atoms in total. The quantitative estimate of drug-likeness (QED) is 0.816. The van der Waals surface area contributed by atoms with Gasteiger partial charge in [-0.3, -0.25) is 9.78 Å². The smallest absolute Gasteiger partial charge is 0.185 e. The SMILES string of the molecule is CC(=O)SCCC=Cc1ccc(N)c(C)n1. The van der Waals surface area contributed by atoms with E-state index in [-0.39, 0.29) is 5.12 Å². The van der Waals surface area contributed by atoms with Crippen LogP contribution in [-0.4, -0.2) is 15.9 Å². The fraction of sp³-hybridized carbons (Fsp3) is 0.333. The fourth-order valence-electron chi connectivity index (χ4n) is 1.16. The number of hydrogen-bond acceptors (Lipinski definition) is 4. The summed E-state index contributed by atoms with van der Waals surface area (Å²) in [7, 11) is 0. The zero-order valence-electron chi connectivity index (χ0n) is 9.56. The number of nitrogens with two attached hydrogens (primary N) is 1. The van der Waals surface area contributed by atoms with Crippen molar-refractivity contribution in [3.8, 4) is 0 Å². The van der Waals surface area contributed by atoms with Crippen LogP contribution in [0.1, 0.15) is 24.7 Å². The Morgan fingerprint density at radius 3 is 2.94 bits per heavy atom. The molecule has 1 rings (SSSR count). The third kappa shape index (κ3) is 4.49. The highest BCUT2D eigenvalue weighted by molar-refractivity contribution is 8.13. The molecule has 0 aliphatic rings. The maximum atomic E-state index is 10.7. The van der Waals surface area contributed by atoms with Gasteiger partial charge in [-0.25, -0.2) is 0 Å². The first-order valence-electron chi connectivity index (χ1n) is 5.12. The van der Waals surface area contributed by atoms with Gasteiger partial charge in [0.05, 0.1) is 17.1 Å². The Bertz CT molecular complexity index is 402. The van der Waals surface area contributed by atoms with Crippen molar-refractivity contribution in [3.63, 3.8) is 0 Å². The van der Waals surface area contributed by atoms with Crippen molar-refractivity contribution in [1.82, 2.24) is 4.98 Å². The van der Waals surface area contributed by atoms with Crippen LogP contribution in [-0.2, 0) is 4.79 Å². The van der Waals surface area contributed by atoms with Crippen LogP contribution in [0.5, 0.6) is 0 Å². The predicted molar refractivity (Wildman–Crippen MR) is 70.2 cm³/mol. The predicted octanol–water partition coefficient (Wildman–Crippen LogP) is 2.66. The molecule has 1 heterocycles. The Hall–Kier alpha value is -1.29. The molecule has 0 radical (unpaired) electrons. The van der Waals surface area contributed by atoms with E-state index in [4.69, 9.17) is 5.73 Å². The summed E-state index contributed by atoms with van der Waals surface area (Å²) in [5.74, 6) is 0.819. The molecule has 0 spiro atoms. The standard InChI is InChI=1S/C12H16N2OS/c1-9-12(13)7-6-11(14-9)5-3-4-8-16-10(2)15/h3,5-7H,4,8,13H2,1-2H3. The van der Waals surface area contributed by atoms with E-state index in [0.29, 0.717) is 5.69 Å². The van der Waals surface area contributed by atoms with E-state index in [0.717, 1.165) is 23.6 Å². The molecule has 0 unspecified atom stereocenters. The summed E-state index contributed by atoms with van der Waals surface area (Å²) in [5, 5.41) is 0.162. The second-order valence-corrected chi connectivity index (χ2v) is 4.71. The van der Waals surface area contributed by atoms with Gasteiger partial charge in [-0.05, 0) is 31.6 Å². The van der Waals surface area contributed by atoms with Gasteiger partial charge < -0.3 is 5.73 Å². The zero-order chi connectivity index (χ0) is 12.0. The molecule has 4 heteroatoms. The molecule has 1 aromatic rings. The summed E-state index contributed by atoms with van der Waals surface area (Å²) in [6, 6.07) is 3.74. The van der Waals surface area contributed by atoms with Crippen molar-refractivity contribution in [2.45, 2.75) is 20.3 Å². The van der Waals surface area contributed by atoms with Gasteiger partial charge in [-0.1, -0.05) is 17.8 Å². The molecule has 0 saturated heterocycles. The number of thioether (sulfide) groups is 1. The van der Waals surface area contributed by atoms with Gasteiger partial charge in [-0.15, -0.1) is 0 Å². The lowest BCUT2D eigenvalue weighted by Gasteiger charge is -1.99. The second kappa shape index (κ2) is 6.33. The maximum absolute atomic E-state index is 10.7. The first-order chi connectivity index (χ1) is 7.59. The third-order valence-corrected chi connectivity index (χ3v) is 2.87. The number of carbonyl (C=O) groups is 1. The lowest BCUT2D eigenvalue weighted by Crippen LogP contribution is -1.93. The number of aromatic nitrogens is 1. The first kappa shape index (κ1) is 12.8. The highest BCUT2D eigenvalue weighted by Crippen LogP contribution is 2.10. The lowest BCUT2D eigenvalue weighted by molar-refractivity contribution is -0.109. The van der Waals surface area contributed by atoms with Gasteiger partial charge in [0.1, 0.15) is 0 Å². The van der Waals surface area contributed by atoms with E-state index in [1.165, 1.54) is 11.8 Å². The molecule has 86 valence electrons. The highest BCUT2D eigenvalue weighted by Gasteiger charge is 1.95. The second-order valence-electron chi connectivity index (χ2n) is 3.44. The number of rotatable bonds is 4. The van der Waals surface area contributed by atoms with Crippen molar-refractivity contribution in [3.05, 3.63) is 29.6 Å². The number of allylic oxidation sites excluding steroid dienone is 1. The van der Waals surface area contributed by atoms with Gasteiger partial charge in [0.15, 0.2) is 5.12 Å². The summed E-state index contributed by atoms with van der Waals surface area (Å²) >= 11 is 1.34. The fourth-order valence-corrected chi connectivity index (χ4v) is 1.70. The van der Waals surface area contributed by atoms with Crippen molar-refractivity contribution in [2.75, 3.05) is 11.5 Å². The molecule has 0 aliphatic heterocycles. The van der Waals surface area contributed by atoms with Crippen molar-refractivity contribution >= 4 is 28.6 Å². The molecule has 0 atom stereocenters. The number of anilines is 1. The van der Waals surface area contributed by atoms with E-state index in [1.54, 1.807) is 6.92 Å². The van der Waals surface area contributed by atoms with Crippen LogP contribution in [0.4, 0.5) is 5.69 Å². The van der Waals surface area contributed by atoms with E-state index in [1.807, 2.05) is 31.2 Å². The zero-order valence-corrected chi connectivity index (χ0v) is 10.4. The minimum absolute atomic E-state index is 0.162. The van der Waals surface area contributed by atoms with Crippen molar-refractivity contribution < 1.29 is 4.79 Å². The Kier molecular flexibility index (Phi) is 5.05. The van der Waals surface area contributed by atoms with Gasteiger partial charge in [0, 0.05) is 12.7 Å². The third-order valence-electron chi connectivity index (χ3n) is 2.03. The van der Waals surface area contributed by atoms with E-state index in [2.05, 4.69) is 4.98 Å². The first-order valence-corrected chi connectivity index (χ1v) is 6.11. The number of nitrogens with zero attached hydrogens (tertiary/aromatic N) is 1. The minimum atomic E-state index is 0.162. The van der Waals surface area contributed by atoms with Gasteiger partial charge in [-0.2, -0.15) is 0 Å². The van der Waals surface area contributed by atoms with Gasteiger partial charge in [0.2, 0.25) is 0 Å². The van der Waals surface area contributed by atoms with Gasteiger partial charge >= 0.3 is 0 Å². The van der Waals surface area contributed by atoms with Crippen LogP contribution in [0.2, 0.25) is 0 Å². The van der Waals surface area contributed by atoms with Crippen LogP contribution in [0, 0.1) is 6.92 Å². The Morgan fingerprint density at radius 2 is 2.31 bits per heavy atom. The average molecular weight is 236 g/mol. The molecule has 0 fully saturated rings. The Labute approximate surface area is 100 Å². The summed E-state index contributed by atoms with van der Waals surface area (Å²) in [6.45, 7) is 3.47. The number of pyridine rings is 1. The monoisotopic (exact) mass is 236 g/mol. The largest absolute Gasteiger partial charge is 0.397 e. The number of hydrogen-bond donors (Lipinski definition) is 1. The van der Waals surface area contributed by atoms with E-state index >= 15 is 0 Å². The molecule has 0 aromatic carbocycles. The number of nitrogen functional groups attached to an aromatic ring is 1. The van der Waals surface area contributed by atoms with Crippen LogP contribution in [0.15, 0.2) is 18.2 Å². The molecular weight excluding hydrogens is 220 g/mol. The van der Waals surface area contributed by atoms with Crippen molar-refractivity contribution in [2.24, 2.45) is 0 Å². The van der Waals surface area contributed by atoms with E-state index < -0.39 is 0 Å². The van der Waals surface area contributed by atoms with Crippen LogP contribution in [0.25, 0.3) is 6.08 Å². The van der Waals surface area contributed by atoms with Crippen molar-refractivity contribution in [1.29, 1.82) is 0 Å². The van der Waals surface area contributed by atoms with Gasteiger partial charge in [0.25, 0.3) is 0 Å².